The Kier molecular flexibility index (Phi) is 12.7. The van der Waals surface area contributed by atoms with Gasteiger partial charge in [0.05, 0.1) is 5.69 Å². The fraction of sp³-hybridized carbons (Fsp3) is 0.393. The monoisotopic (exact) mass is 902 g/mol. The predicted octanol–water partition coefficient (Wildman–Crippen LogP) is 14.1. The van der Waals surface area contributed by atoms with Crippen LogP contribution in [0.2, 0.25) is 0 Å². The summed E-state index contributed by atoms with van der Waals surface area (Å²) in [7, 11) is 0. The minimum absolute atomic E-state index is 0.142. The number of thiophene rings is 1. The Bertz CT molecular complexity index is 2820. The third-order valence-electron chi connectivity index (χ3n) is 14.2. The van der Waals surface area contributed by atoms with Crippen LogP contribution in [0.15, 0.2) is 83.6 Å². The molecule has 66 heavy (non-hydrogen) atoms. The van der Waals surface area contributed by atoms with E-state index in [1.807, 2.05) is 59.3 Å². The van der Waals surface area contributed by atoms with Crippen LogP contribution in [-0.4, -0.2) is 53.9 Å². The lowest BCUT2D eigenvalue weighted by molar-refractivity contribution is 0.0516. The predicted molar refractivity (Wildman–Crippen MR) is 264 cm³/mol. The molecule has 10 heteroatoms. The fourth-order valence-electron chi connectivity index (χ4n) is 10.8. The van der Waals surface area contributed by atoms with Gasteiger partial charge in [-0.25, -0.2) is 4.90 Å². The van der Waals surface area contributed by atoms with Crippen molar-refractivity contribution in [2.45, 2.75) is 129 Å². The van der Waals surface area contributed by atoms with E-state index in [4.69, 9.17) is 14.2 Å². The highest BCUT2D eigenvalue weighted by Crippen LogP contribution is 2.47. The maximum absolute atomic E-state index is 14.7. The van der Waals surface area contributed by atoms with Crippen LogP contribution in [0.25, 0.3) is 43.1 Å². The standard InChI is InChI=1S/C56H58N2O7S/c1-3-5-7-9-11-13-15-17-35(18-16-14-12-10-8-6-4-2)57-53(59)43-27-23-39-41-25-29-45-52-46(30-26-42(50(41)52)40-24-28-44(54(57)60)51(43)49(39)40)56(62)58(55(45)61)36-19-21-37(22-20-36)63-31-38-32-64-47-33-66-34-48(47)65-38/h19-30,33-35,38H,3-18,31-32H2,1-2H3. The van der Waals surface area contributed by atoms with E-state index in [0.717, 1.165) is 76.6 Å². The third-order valence-corrected chi connectivity index (χ3v) is 14.9. The van der Waals surface area contributed by atoms with Gasteiger partial charge in [-0.05, 0) is 93.7 Å². The molecule has 10 rings (SSSR count). The Morgan fingerprint density at radius 3 is 1.50 bits per heavy atom. The van der Waals surface area contributed by atoms with Gasteiger partial charge in [-0.1, -0.05) is 128 Å². The average molecular weight is 903 g/mol. The van der Waals surface area contributed by atoms with Gasteiger partial charge in [0.15, 0.2) is 17.6 Å². The Balaban J connectivity index is 0.925. The number of carbonyl (C=O) groups is 4. The van der Waals surface area contributed by atoms with Crippen LogP contribution in [-0.2, 0) is 0 Å². The largest absolute Gasteiger partial charge is 0.490 e. The summed E-state index contributed by atoms with van der Waals surface area (Å²) in [4.78, 5) is 61.1. The first-order valence-electron chi connectivity index (χ1n) is 24.4. The molecule has 0 saturated heterocycles. The van der Waals surface area contributed by atoms with E-state index in [9.17, 15) is 19.2 Å². The Hall–Kier alpha value is -6.00. The summed E-state index contributed by atoms with van der Waals surface area (Å²) in [5, 5.41) is 10.4. The lowest BCUT2D eigenvalue weighted by atomic mass is 9.82. The molecule has 1 aromatic heterocycles. The number of rotatable bonds is 21. The van der Waals surface area contributed by atoms with Gasteiger partial charge < -0.3 is 14.2 Å². The summed E-state index contributed by atoms with van der Waals surface area (Å²) in [5.41, 5.74) is 2.45. The van der Waals surface area contributed by atoms with E-state index in [0.29, 0.717) is 56.8 Å². The number of hydrogen-bond acceptors (Lipinski definition) is 8. The zero-order chi connectivity index (χ0) is 45.3. The van der Waals surface area contributed by atoms with Crippen molar-refractivity contribution in [3.05, 3.63) is 106 Å². The van der Waals surface area contributed by atoms with Crippen LogP contribution in [0, 0.1) is 0 Å². The molecule has 4 heterocycles. The number of hydrogen-bond donors (Lipinski definition) is 0. The highest BCUT2D eigenvalue weighted by molar-refractivity contribution is 7.08. The number of benzene rings is 6. The van der Waals surface area contributed by atoms with Crippen molar-refractivity contribution in [3.8, 4) is 17.2 Å². The van der Waals surface area contributed by atoms with Crippen molar-refractivity contribution >= 4 is 83.7 Å². The maximum atomic E-state index is 14.7. The fourth-order valence-corrected chi connectivity index (χ4v) is 11.4. The number of amides is 4. The molecule has 0 fully saturated rings. The van der Waals surface area contributed by atoms with Crippen molar-refractivity contribution in [2.75, 3.05) is 18.1 Å². The molecule has 0 aliphatic carbocycles. The normalized spacial score (nSPS) is 15.8. The first-order valence-corrected chi connectivity index (χ1v) is 25.4. The number of nitrogens with zero attached hydrogens (tertiary/aromatic N) is 2. The second kappa shape index (κ2) is 19.1. The first kappa shape index (κ1) is 43.9. The van der Waals surface area contributed by atoms with E-state index in [-0.39, 0.29) is 30.6 Å². The van der Waals surface area contributed by atoms with Crippen LogP contribution in [0.1, 0.15) is 158 Å². The highest BCUT2D eigenvalue weighted by atomic mass is 32.1. The Morgan fingerprint density at radius 2 is 1.00 bits per heavy atom. The van der Waals surface area contributed by atoms with E-state index < -0.39 is 11.8 Å². The summed E-state index contributed by atoms with van der Waals surface area (Å²) in [5.74, 6) is 0.826. The molecule has 0 N–H and O–H groups in total. The number of anilines is 1. The van der Waals surface area contributed by atoms with Gasteiger partial charge in [0.2, 0.25) is 0 Å². The minimum Gasteiger partial charge on any atom is -0.490 e. The SMILES string of the molecule is CCCCCCCCCC(CCCCCCCCC)N1C(=O)c2ccc3c4ccc5c6c(ccc(c7ccc(c2c37)C1=O)c64)C(=O)N(c1ccc(OCC2COc3cscc3O2)cc1)C5=O. The zero-order valence-corrected chi connectivity index (χ0v) is 38.9. The number of fused-ring (bicyclic) bond motifs is 3. The van der Waals surface area contributed by atoms with Crippen LogP contribution in [0.4, 0.5) is 5.69 Å². The first-order chi connectivity index (χ1) is 32.4. The summed E-state index contributed by atoms with van der Waals surface area (Å²) in [6.07, 6.45) is 18.0. The van der Waals surface area contributed by atoms with Gasteiger partial charge in [-0.3, -0.25) is 24.1 Å². The van der Waals surface area contributed by atoms with Crippen molar-refractivity contribution in [3.63, 3.8) is 0 Å². The Labute approximate surface area is 390 Å². The molecule has 4 amide bonds. The van der Waals surface area contributed by atoms with E-state index in [1.165, 1.54) is 80.4 Å². The molecule has 0 saturated carbocycles. The molecule has 3 aliphatic heterocycles. The minimum atomic E-state index is -0.404. The van der Waals surface area contributed by atoms with Gasteiger partial charge in [-0.2, -0.15) is 0 Å². The number of unbranched alkanes of at least 4 members (excludes halogenated alkanes) is 12. The molecule has 0 bridgehead atoms. The van der Waals surface area contributed by atoms with Crippen LogP contribution < -0.4 is 19.1 Å². The summed E-state index contributed by atoms with van der Waals surface area (Å²) in [6, 6.07) is 22.1. The molecule has 340 valence electrons. The molecule has 0 spiro atoms. The molecular weight excluding hydrogens is 845 g/mol. The van der Waals surface area contributed by atoms with Crippen LogP contribution in [0.5, 0.6) is 17.2 Å². The third kappa shape index (κ3) is 7.95. The molecular formula is C56H58N2O7S. The lowest BCUT2D eigenvalue weighted by Gasteiger charge is -2.35. The highest BCUT2D eigenvalue weighted by Gasteiger charge is 2.39. The van der Waals surface area contributed by atoms with E-state index in [1.54, 1.807) is 29.2 Å². The molecule has 0 radical (unpaired) electrons. The number of imide groups is 2. The summed E-state index contributed by atoms with van der Waals surface area (Å²) in [6.45, 7) is 5.14. The van der Waals surface area contributed by atoms with Crippen molar-refractivity contribution in [1.29, 1.82) is 0 Å². The van der Waals surface area contributed by atoms with Crippen LogP contribution in [0.3, 0.4) is 0 Å². The van der Waals surface area contributed by atoms with Crippen molar-refractivity contribution < 1.29 is 33.4 Å². The summed E-state index contributed by atoms with van der Waals surface area (Å²) < 4.78 is 17.8. The van der Waals surface area contributed by atoms with Gasteiger partial charge in [0.1, 0.15) is 19.0 Å². The summed E-state index contributed by atoms with van der Waals surface area (Å²) >= 11 is 1.52. The smallest absolute Gasteiger partial charge is 0.265 e. The van der Waals surface area contributed by atoms with Gasteiger partial charge in [0, 0.05) is 49.8 Å². The molecule has 1 unspecified atom stereocenters. The Morgan fingerprint density at radius 1 is 0.545 bits per heavy atom. The second-order valence-electron chi connectivity index (χ2n) is 18.5. The lowest BCUT2D eigenvalue weighted by Crippen LogP contribution is -2.47. The molecule has 1 atom stereocenters. The molecule has 7 aromatic rings. The van der Waals surface area contributed by atoms with Crippen molar-refractivity contribution in [2.24, 2.45) is 0 Å². The molecule has 3 aliphatic rings. The van der Waals surface area contributed by atoms with Gasteiger partial charge in [0.25, 0.3) is 23.6 Å². The average Bonchev–Trinajstić information content (AvgIpc) is 3.81. The zero-order valence-electron chi connectivity index (χ0n) is 38.1. The number of carbonyl (C=O) groups excluding carboxylic acids is 4. The topological polar surface area (TPSA) is 102 Å². The molecule has 6 aromatic carbocycles. The van der Waals surface area contributed by atoms with E-state index in [2.05, 4.69) is 13.8 Å². The maximum Gasteiger partial charge on any atom is 0.265 e. The van der Waals surface area contributed by atoms with Gasteiger partial charge in [-0.15, -0.1) is 11.3 Å². The van der Waals surface area contributed by atoms with Gasteiger partial charge >= 0.3 is 0 Å². The van der Waals surface area contributed by atoms with Crippen molar-refractivity contribution in [1.82, 2.24) is 4.90 Å². The number of ether oxygens (including phenoxy) is 3. The quantitative estimate of drug-likeness (QED) is 0.0306. The van der Waals surface area contributed by atoms with E-state index >= 15 is 0 Å². The van der Waals surface area contributed by atoms with Crippen LogP contribution >= 0.6 is 11.3 Å². The second-order valence-corrected chi connectivity index (χ2v) is 19.2. The molecule has 9 nitrogen and oxygen atoms in total.